The number of amides is 2. The van der Waals surface area contributed by atoms with E-state index in [1.54, 1.807) is 26.8 Å². The van der Waals surface area contributed by atoms with E-state index in [1.807, 2.05) is 50.2 Å². The molecule has 2 aromatic rings. The Kier molecular flexibility index (Phi) is 7.70. The molecular weight excluding hydrogens is 521 g/mol. The highest BCUT2D eigenvalue weighted by molar-refractivity contribution is 6.35. The van der Waals surface area contributed by atoms with Crippen molar-refractivity contribution in [2.45, 2.75) is 76.5 Å². The summed E-state index contributed by atoms with van der Waals surface area (Å²) >= 11 is 19.1. The van der Waals surface area contributed by atoms with E-state index in [2.05, 4.69) is 0 Å². The van der Waals surface area contributed by atoms with Crippen molar-refractivity contribution in [3.8, 4) is 0 Å². The fraction of sp³-hybridized carbons (Fsp3) is 0.500. The number of benzene rings is 2. The highest BCUT2D eigenvalue weighted by Gasteiger charge is 2.66. The molecule has 1 aliphatic heterocycles. The van der Waals surface area contributed by atoms with Gasteiger partial charge in [0.1, 0.15) is 5.60 Å². The van der Waals surface area contributed by atoms with Gasteiger partial charge in [-0.1, -0.05) is 53.0 Å². The molecule has 0 aromatic heterocycles. The van der Waals surface area contributed by atoms with Crippen molar-refractivity contribution < 1.29 is 19.1 Å². The number of nitrogens with zero attached hydrogens (tertiary/aromatic N) is 1. The summed E-state index contributed by atoms with van der Waals surface area (Å²) in [7, 11) is 0. The minimum Gasteiger partial charge on any atom is -0.443 e. The molecule has 1 heterocycles. The number of carbonyl (C=O) groups is 2. The molecule has 1 aliphatic carbocycles. The molecule has 2 amide bonds. The van der Waals surface area contributed by atoms with Crippen molar-refractivity contribution in [1.29, 1.82) is 0 Å². The fourth-order valence-corrected chi connectivity index (χ4v) is 6.74. The van der Waals surface area contributed by atoms with E-state index in [0.717, 1.165) is 11.1 Å². The third kappa shape index (κ3) is 4.88. The number of halogens is 3. The van der Waals surface area contributed by atoms with Gasteiger partial charge in [0.2, 0.25) is 0 Å². The van der Waals surface area contributed by atoms with Gasteiger partial charge in [0, 0.05) is 33.6 Å². The molecule has 0 radical (unpaired) electrons. The molecule has 0 bridgehead atoms. The summed E-state index contributed by atoms with van der Waals surface area (Å²) in [4.78, 5) is 28.6. The number of carbonyl (C=O) groups excluding carboxylic acids is 2. The summed E-state index contributed by atoms with van der Waals surface area (Å²) < 4.78 is 12.0. The van der Waals surface area contributed by atoms with Crippen LogP contribution in [0, 0.1) is 5.92 Å². The Labute approximate surface area is 228 Å². The number of hydrogen-bond acceptors (Lipinski definition) is 4. The monoisotopic (exact) mass is 551 g/mol. The molecule has 5 atom stereocenters. The summed E-state index contributed by atoms with van der Waals surface area (Å²) in [6.07, 6.45) is 0.456. The van der Waals surface area contributed by atoms with E-state index >= 15 is 0 Å². The minimum absolute atomic E-state index is 0.0247. The van der Waals surface area contributed by atoms with Gasteiger partial charge < -0.3 is 9.47 Å². The molecule has 0 unspecified atom stereocenters. The topological polar surface area (TPSA) is 55.8 Å². The van der Waals surface area contributed by atoms with Crippen LogP contribution in [0.15, 0.2) is 42.5 Å². The molecule has 1 saturated heterocycles. The Bertz CT molecular complexity index is 1150. The van der Waals surface area contributed by atoms with E-state index in [9.17, 15) is 9.59 Å². The maximum atomic E-state index is 14.0. The lowest BCUT2D eigenvalue weighted by Gasteiger charge is -2.47. The standard InChI is InChI=1S/C28H32Cl3NO4/c1-6-35-28-14-13-21(20-12-11-19(30)15-22(20)31)23(17-7-9-18(29)10-8-17)24(28)16(2)32(25(28)33)26(34)36-27(3,4)5/h7-12,15-16,21,23-24H,6,13-14H2,1-5H3/t16-,21+,23+,24+,28+/m1/s1. The van der Waals surface area contributed by atoms with E-state index < -0.39 is 23.3 Å². The summed E-state index contributed by atoms with van der Waals surface area (Å²) in [6, 6.07) is 12.7. The zero-order valence-electron chi connectivity index (χ0n) is 21.2. The molecule has 5 nitrogen and oxygen atoms in total. The van der Waals surface area contributed by atoms with Crippen LogP contribution < -0.4 is 0 Å². The number of imide groups is 1. The first-order valence-corrected chi connectivity index (χ1v) is 13.4. The smallest absolute Gasteiger partial charge is 0.417 e. The second-order valence-corrected chi connectivity index (χ2v) is 11.9. The van der Waals surface area contributed by atoms with Crippen LogP contribution in [0.1, 0.15) is 70.4 Å². The molecule has 2 aliphatic rings. The second kappa shape index (κ2) is 10.2. The maximum absolute atomic E-state index is 14.0. The number of hydrogen-bond donors (Lipinski definition) is 0. The lowest BCUT2D eigenvalue weighted by atomic mass is 9.59. The first-order chi connectivity index (χ1) is 16.9. The van der Waals surface area contributed by atoms with Crippen LogP contribution in [0.3, 0.4) is 0 Å². The maximum Gasteiger partial charge on any atom is 0.417 e. The number of rotatable bonds is 4. The van der Waals surface area contributed by atoms with Gasteiger partial charge >= 0.3 is 6.09 Å². The van der Waals surface area contributed by atoms with Crippen LogP contribution >= 0.6 is 34.8 Å². The first kappa shape index (κ1) is 27.3. The van der Waals surface area contributed by atoms with Crippen molar-refractivity contribution in [3.63, 3.8) is 0 Å². The fourth-order valence-electron chi connectivity index (χ4n) is 6.07. The Morgan fingerprint density at radius 2 is 1.72 bits per heavy atom. The number of likely N-dealkylation sites (tertiary alicyclic amines) is 1. The van der Waals surface area contributed by atoms with Crippen molar-refractivity contribution in [1.82, 2.24) is 4.90 Å². The lowest BCUT2D eigenvalue weighted by Crippen LogP contribution is -2.52. The Hall–Kier alpha value is -1.79. The zero-order valence-corrected chi connectivity index (χ0v) is 23.5. The molecule has 2 fully saturated rings. The Morgan fingerprint density at radius 3 is 2.31 bits per heavy atom. The highest BCUT2D eigenvalue weighted by atomic mass is 35.5. The summed E-state index contributed by atoms with van der Waals surface area (Å²) in [5, 5.41) is 1.76. The van der Waals surface area contributed by atoms with Gasteiger partial charge in [0.15, 0.2) is 5.60 Å². The van der Waals surface area contributed by atoms with Gasteiger partial charge in [0.25, 0.3) is 5.91 Å². The SMILES string of the molecule is CCO[C@@]12CC[C@@H](c3ccc(Cl)cc3Cl)[C@H](c3ccc(Cl)cc3)[C@@H]1[C@@H](C)N(C(=O)OC(C)(C)C)C2=O. The molecule has 194 valence electrons. The highest BCUT2D eigenvalue weighted by Crippen LogP contribution is 2.59. The summed E-state index contributed by atoms with van der Waals surface area (Å²) in [6.45, 7) is 9.49. The van der Waals surface area contributed by atoms with Crippen molar-refractivity contribution >= 4 is 46.8 Å². The van der Waals surface area contributed by atoms with Gasteiger partial charge in [-0.25, -0.2) is 9.69 Å². The van der Waals surface area contributed by atoms with Crippen molar-refractivity contribution in [2.24, 2.45) is 5.92 Å². The van der Waals surface area contributed by atoms with Gasteiger partial charge in [-0.3, -0.25) is 4.79 Å². The zero-order chi connectivity index (χ0) is 26.4. The van der Waals surface area contributed by atoms with E-state index in [1.165, 1.54) is 4.90 Å². The van der Waals surface area contributed by atoms with E-state index in [0.29, 0.717) is 34.5 Å². The Morgan fingerprint density at radius 1 is 1.08 bits per heavy atom. The quantitative estimate of drug-likeness (QED) is 0.387. The lowest BCUT2D eigenvalue weighted by molar-refractivity contribution is -0.157. The first-order valence-electron chi connectivity index (χ1n) is 12.3. The normalized spacial score (nSPS) is 28.2. The molecule has 8 heteroatoms. The second-order valence-electron chi connectivity index (χ2n) is 10.6. The van der Waals surface area contributed by atoms with Crippen LogP contribution in [0.2, 0.25) is 15.1 Å². The summed E-state index contributed by atoms with van der Waals surface area (Å²) in [5.74, 6) is -0.865. The van der Waals surface area contributed by atoms with Crippen LogP contribution in [-0.4, -0.2) is 40.8 Å². The van der Waals surface area contributed by atoms with Crippen LogP contribution in [0.5, 0.6) is 0 Å². The average Bonchev–Trinajstić information content (AvgIpc) is 3.00. The van der Waals surface area contributed by atoms with Gasteiger partial charge in [-0.2, -0.15) is 0 Å². The molecule has 36 heavy (non-hydrogen) atoms. The van der Waals surface area contributed by atoms with Crippen molar-refractivity contribution in [3.05, 3.63) is 68.7 Å². The van der Waals surface area contributed by atoms with Crippen LogP contribution in [-0.2, 0) is 14.3 Å². The van der Waals surface area contributed by atoms with Crippen molar-refractivity contribution in [2.75, 3.05) is 6.61 Å². The van der Waals surface area contributed by atoms with Gasteiger partial charge in [-0.15, -0.1) is 0 Å². The van der Waals surface area contributed by atoms with Crippen LogP contribution in [0.25, 0.3) is 0 Å². The van der Waals surface area contributed by atoms with E-state index in [4.69, 9.17) is 44.3 Å². The molecule has 4 rings (SSSR count). The molecular formula is C28H32Cl3NO4. The number of fused-ring (bicyclic) bond motifs is 1. The summed E-state index contributed by atoms with van der Waals surface area (Å²) in [5.41, 5.74) is 0.0833. The average molecular weight is 553 g/mol. The molecule has 2 aromatic carbocycles. The largest absolute Gasteiger partial charge is 0.443 e. The predicted molar refractivity (Wildman–Crippen MR) is 143 cm³/mol. The third-order valence-corrected chi connectivity index (χ3v) is 8.12. The van der Waals surface area contributed by atoms with Gasteiger partial charge in [0.05, 0.1) is 0 Å². The molecule has 0 spiro atoms. The van der Waals surface area contributed by atoms with Crippen LogP contribution in [0.4, 0.5) is 4.79 Å². The third-order valence-electron chi connectivity index (χ3n) is 7.30. The predicted octanol–water partition coefficient (Wildman–Crippen LogP) is 7.87. The van der Waals surface area contributed by atoms with E-state index in [-0.39, 0.29) is 23.7 Å². The minimum atomic E-state index is -1.15. The molecule has 1 saturated carbocycles. The molecule has 0 N–H and O–H groups in total. The van der Waals surface area contributed by atoms with Gasteiger partial charge in [-0.05, 0) is 94.7 Å². The number of ether oxygens (including phenoxy) is 2. The Balaban J connectivity index is 1.88.